The topological polar surface area (TPSA) is 46.6 Å². The highest BCUT2D eigenvalue weighted by Crippen LogP contribution is 2.54. The number of furan rings is 2. The summed E-state index contributed by atoms with van der Waals surface area (Å²) in [6, 6.07) is 7.54. The van der Waals surface area contributed by atoms with Crippen LogP contribution >= 0.6 is 0 Å². The van der Waals surface area contributed by atoms with Crippen LogP contribution in [0.25, 0.3) is 0 Å². The zero-order valence-corrected chi connectivity index (χ0v) is 11.9. The Morgan fingerprint density at radius 1 is 1.00 bits per heavy atom. The van der Waals surface area contributed by atoms with E-state index >= 15 is 0 Å². The molecule has 2 aliphatic carbocycles. The predicted molar refractivity (Wildman–Crippen MR) is 76.0 cm³/mol. The Labute approximate surface area is 123 Å². The molecule has 21 heavy (non-hydrogen) atoms. The van der Waals surface area contributed by atoms with Gasteiger partial charge in [-0.15, -0.1) is 0 Å². The van der Waals surface area contributed by atoms with E-state index in [2.05, 4.69) is 0 Å². The van der Waals surface area contributed by atoms with Gasteiger partial charge < -0.3 is 13.7 Å². The Balaban J connectivity index is 1.49. The van der Waals surface area contributed by atoms with Crippen LogP contribution in [-0.4, -0.2) is 10.8 Å². The standard InChI is InChI=1S/C17H19NO3/c19-17(14-8-12-7-13(12)9-14)18(10-15-3-1-5-20-15)11-16-4-2-6-21-16/h1-6,12-14H,7-11H2. The molecule has 0 radical (unpaired) electrons. The highest BCUT2D eigenvalue weighted by atomic mass is 16.3. The monoisotopic (exact) mass is 285 g/mol. The second kappa shape index (κ2) is 5.10. The average molecular weight is 285 g/mol. The van der Waals surface area contributed by atoms with Crippen LogP contribution < -0.4 is 0 Å². The van der Waals surface area contributed by atoms with Crippen LogP contribution in [0.3, 0.4) is 0 Å². The van der Waals surface area contributed by atoms with Gasteiger partial charge in [0.05, 0.1) is 25.6 Å². The molecule has 2 heterocycles. The van der Waals surface area contributed by atoms with Gasteiger partial charge >= 0.3 is 0 Å². The predicted octanol–water partition coefficient (Wildman–Crippen LogP) is 3.45. The van der Waals surface area contributed by atoms with E-state index in [0.717, 1.165) is 36.2 Å². The number of rotatable bonds is 5. The van der Waals surface area contributed by atoms with Crippen molar-refractivity contribution in [1.29, 1.82) is 0 Å². The Bertz CT molecular complexity index is 556. The maximum absolute atomic E-state index is 12.8. The van der Waals surface area contributed by atoms with Crippen LogP contribution in [0.4, 0.5) is 0 Å². The highest BCUT2D eigenvalue weighted by molar-refractivity contribution is 5.79. The lowest BCUT2D eigenvalue weighted by Crippen LogP contribution is -2.34. The van der Waals surface area contributed by atoms with Crippen molar-refractivity contribution in [3.63, 3.8) is 0 Å². The SMILES string of the molecule is O=C(C1CC2CC2C1)N(Cc1ccco1)Cc1ccco1. The first-order chi connectivity index (χ1) is 10.3. The van der Waals surface area contributed by atoms with Gasteiger partial charge in [-0.25, -0.2) is 0 Å². The minimum Gasteiger partial charge on any atom is -0.467 e. The summed E-state index contributed by atoms with van der Waals surface area (Å²) >= 11 is 0. The van der Waals surface area contributed by atoms with Crippen molar-refractivity contribution in [2.45, 2.75) is 32.4 Å². The third-order valence-electron chi connectivity index (χ3n) is 4.76. The summed E-state index contributed by atoms with van der Waals surface area (Å²) in [6.45, 7) is 1.02. The van der Waals surface area contributed by atoms with E-state index in [1.807, 2.05) is 29.2 Å². The Morgan fingerprint density at radius 3 is 2.05 bits per heavy atom. The number of fused-ring (bicyclic) bond motifs is 1. The number of carbonyl (C=O) groups excluding carboxylic acids is 1. The molecular weight excluding hydrogens is 266 g/mol. The molecule has 0 saturated heterocycles. The Kier molecular flexibility index (Phi) is 3.09. The molecule has 2 fully saturated rings. The number of carbonyl (C=O) groups is 1. The Morgan fingerprint density at radius 2 is 1.57 bits per heavy atom. The summed E-state index contributed by atoms with van der Waals surface area (Å²) in [5, 5.41) is 0. The molecule has 4 rings (SSSR count). The molecule has 2 aromatic rings. The highest BCUT2D eigenvalue weighted by Gasteiger charge is 2.48. The Hall–Kier alpha value is -1.97. The van der Waals surface area contributed by atoms with Crippen LogP contribution in [0.15, 0.2) is 45.6 Å². The lowest BCUT2D eigenvalue weighted by molar-refractivity contribution is -0.137. The van der Waals surface area contributed by atoms with E-state index < -0.39 is 0 Å². The fraction of sp³-hybridized carbons (Fsp3) is 0.471. The molecule has 0 aliphatic heterocycles. The second-order valence-electron chi connectivity index (χ2n) is 6.28. The van der Waals surface area contributed by atoms with E-state index in [4.69, 9.17) is 8.83 Å². The molecule has 2 aliphatic rings. The first kappa shape index (κ1) is 12.7. The molecule has 110 valence electrons. The maximum atomic E-state index is 12.8. The zero-order valence-electron chi connectivity index (χ0n) is 11.9. The van der Waals surface area contributed by atoms with Crippen molar-refractivity contribution in [2.75, 3.05) is 0 Å². The van der Waals surface area contributed by atoms with Gasteiger partial charge in [-0.05, 0) is 55.4 Å². The summed E-state index contributed by atoms with van der Waals surface area (Å²) in [6.07, 6.45) is 6.76. The fourth-order valence-corrected chi connectivity index (χ4v) is 3.57. The van der Waals surface area contributed by atoms with Gasteiger partial charge in [0, 0.05) is 5.92 Å². The van der Waals surface area contributed by atoms with Crippen LogP contribution in [0.2, 0.25) is 0 Å². The summed E-state index contributed by atoms with van der Waals surface area (Å²) in [4.78, 5) is 14.7. The van der Waals surface area contributed by atoms with Gasteiger partial charge in [0.2, 0.25) is 5.91 Å². The molecule has 0 aromatic carbocycles. The van der Waals surface area contributed by atoms with Crippen LogP contribution in [0.5, 0.6) is 0 Å². The van der Waals surface area contributed by atoms with Crippen molar-refractivity contribution in [3.05, 3.63) is 48.3 Å². The van der Waals surface area contributed by atoms with E-state index in [1.165, 1.54) is 6.42 Å². The largest absolute Gasteiger partial charge is 0.467 e. The van der Waals surface area contributed by atoms with Crippen molar-refractivity contribution in [3.8, 4) is 0 Å². The molecule has 0 spiro atoms. The van der Waals surface area contributed by atoms with Gasteiger partial charge in [0.25, 0.3) is 0 Å². The fourth-order valence-electron chi connectivity index (χ4n) is 3.57. The number of amides is 1. The summed E-state index contributed by atoms with van der Waals surface area (Å²) in [5.41, 5.74) is 0. The molecule has 2 atom stereocenters. The number of nitrogens with zero attached hydrogens (tertiary/aromatic N) is 1. The molecule has 2 aromatic heterocycles. The van der Waals surface area contributed by atoms with Crippen molar-refractivity contribution in [2.24, 2.45) is 17.8 Å². The van der Waals surface area contributed by atoms with Gasteiger partial charge in [-0.3, -0.25) is 4.79 Å². The molecule has 2 unspecified atom stereocenters. The summed E-state index contributed by atoms with van der Waals surface area (Å²) < 4.78 is 10.8. The van der Waals surface area contributed by atoms with E-state index in [0.29, 0.717) is 13.1 Å². The van der Waals surface area contributed by atoms with Gasteiger partial charge in [-0.2, -0.15) is 0 Å². The normalized spacial score (nSPS) is 26.6. The third kappa shape index (κ3) is 2.62. The van der Waals surface area contributed by atoms with E-state index in [-0.39, 0.29) is 11.8 Å². The van der Waals surface area contributed by atoms with Gasteiger partial charge in [0.15, 0.2) is 0 Å². The average Bonchev–Trinajstić information content (AvgIpc) is 3.00. The number of hydrogen-bond acceptors (Lipinski definition) is 3. The molecule has 2 saturated carbocycles. The van der Waals surface area contributed by atoms with Crippen molar-refractivity contribution in [1.82, 2.24) is 4.90 Å². The minimum atomic E-state index is 0.193. The van der Waals surface area contributed by atoms with Crippen LogP contribution in [0, 0.1) is 17.8 Å². The lowest BCUT2D eigenvalue weighted by Gasteiger charge is -2.24. The summed E-state index contributed by atoms with van der Waals surface area (Å²) in [5.74, 6) is 3.70. The first-order valence-corrected chi connectivity index (χ1v) is 7.63. The third-order valence-corrected chi connectivity index (χ3v) is 4.76. The molecule has 4 nitrogen and oxygen atoms in total. The quantitative estimate of drug-likeness (QED) is 0.845. The van der Waals surface area contributed by atoms with E-state index in [1.54, 1.807) is 12.5 Å². The lowest BCUT2D eigenvalue weighted by atomic mass is 10.0. The van der Waals surface area contributed by atoms with Gasteiger partial charge in [0.1, 0.15) is 11.5 Å². The molecule has 0 bridgehead atoms. The minimum absolute atomic E-state index is 0.193. The maximum Gasteiger partial charge on any atom is 0.226 e. The second-order valence-corrected chi connectivity index (χ2v) is 6.28. The van der Waals surface area contributed by atoms with Crippen LogP contribution in [-0.2, 0) is 17.9 Å². The van der Waals surface area contributed by atoms with Crippen molar-refractivity contribution < 1.29 is 13.6 Å². The molecule has 1 amide bonds. The van der Waals surface area contributed by atoms with Gasteiger partial charge in [-0.1, -0.05) is 0 Å². The molecule has 4 heteroatoms. The smallest absolute Gasteiger partial charge is 0.226 e. The molecular formula is C17H19NO3. The van der Waals surface area contributed by atoms with Crippen LogP contribution in [0.1, 0.15) is 30.8 Å². The number of hydrogen-bond donors (Lipinski definition) is 0. The van der Waals surface area contributed by atoms with E-state index in [9.17, 15) is 4.79 Å². The van der Waals surface area contributed by atoms with Crippen molar-refractivity contribution >= 4 is 5.91 Å². The molecule has 0 N–H and O–H groups in total. The first-order valence-electron chi connectivity index (χ1n) is 7.63. The zero-order chi connectivity index (χ0) is 14.2. The summed E-state index contributed by atoms with van der Waals surface area (Å²) in [7, 11) is 0.